The second-order valence-electron chi connectivity index (χ2n) is 6.21. The first kappa shape index (κ1) is 12.4. The van der Waals surface area contributed by atoms with Crippen molar-refractivity contribution in [1.82, 2.24) is 4.90 Å². The summed E-state index contributed by atoms with van der Waals surface area (Å²) < 4.78 is 5.35. The molecule has 4 nitrogen and oxygen atoms in total. The largest absolute Gasteiger partial charge is 0.444 e. The molecular formula is C13H21NO3. The first-order valence-electron chi connectivity index (χ1n) is 6.34. The van der Waals surface area contributed by atoms with Gasteiger partial charge in [-0.25, -0.2) is 4.79 Å². The molecule has 1 atom stereocenters. The molecule has 2 fully saturated rings. The second-order valence-corrected chi connectivity index (χ2v) is 6.21. The number of amides is 1. The van der Waals surface area contributed by atoms with Gasteiger partial charge in [0.05, 0.1) is 0 Å². The van der Waals surface area contributed by atoms with E-state index in [1.165, 1.54) is 0 Å². The molecule has 1 spiro atoms. The lowest BCUT2D eigenvalue weighted by atomic mass is 9.63. The highest BCUT2D eigenvalue weighted by Crippen LogP contribution is 2.44. The minimum absolute atomic E-state index is 0.227. The van der Waals surface area contributed by atoms with E-state index < -0.39 is 5.60 Å². The number of carbonyl (C=O) groups is 2. The molecule has 2 aliphatic rings. The number of carbonyl (C=O) groups excluding carboxylic acids is 2. The van der Waals surface area contributed by atoms with Gasteiger partial charge in [0.25, 0.3) is 0 Å². The molecule has 1 aliphatic carbocycles. The van der Waals surface area contributed by atoms with Crippen LogP contribution >= 0.6 is 0 Å². The number of likely N-dealkylation sites (tertiary alicyclic amines) is 1. The van der Waals surface area contributed by atoms with Crippen molar-refractivity contribution in [1.29, 1.82) is 0 Å². The zero-order valence-corrected chi connectivity index (χ0v) is 10.9. The highest BCUT2D eigenvalue weighted by molar-refractivity contribution is 5.91. The van der Waals surface area contributed by atoms with Gasteiger partial charge < -0.3 is 9.64 Å². The predicted octanol–water partition coefficient (Wildman–Crippen LogP) is 2.37. The van der Waals surface area contributed by atoms with Gasteiger partial charge in [-0.05, 0) is 40.0 Å². The van der Waals surface area contributed by atoms with E-state index in [-0.39, 0.29) is 11.5 Å². The molecule has 1 amide bonds. The first-order chi connectivity index (χ1) is 7.82. The van der Waals surface area contributed by atoms with Gasteiger partial charge in [0, 0.05) is 24.9 Å². The zero-order chi connectivity index (χ0) is 12.7. The summed E-state index contributed by atoms with van der Waals surface area (Å²) in [5.41, 5.74) is -0.694. The summed E-state index contributed by atoms with van der Waals surface area (Å²) in [6, 6.07) is 0. The van der Waals surface area contributed by atoms with Gasteiger partial charge in [0.1, 0.15) is 11.4 Å². The van der Waals surface area contributed by atoms with Crippen molar-refractivity contribution in [2.24, 2.45) is 5.41 Å². The number of rotatable bonds is 0. The molecule has 0 aromatic heterocycles. The summed E-state index contributed by atoms with van der Waals surface area (Å²) >= 11 is 0. The standard InChI is InChI=1S/C13H21NO3/c1-12(2,3)17-11(16)14-8-4-6-13(9-14)7-5-10(13)15/h4-9H2,1-3H3/t13-/m0/s1. The molecule has 1 saturated carbocycles. The van der Waals surface area contributed by atoms with E-state index in [9.17, 15) is 9.59 Å². The summed E-state index contributed by atoms with van der Waals surface area (Å²) in [5.74, 6) is 0.325. The third-order valence-electron chi connectivity index (χ3n) is 3.65. The molecule has 1 aliphatic heterocycles. The summed E-state index contributed by atoms with van der Waals surface area (Å²) in [5, 5.41) is 0. The Kier molecular flexibility index (Phi) is 2.92. The Morgan fingerprint density at radius 2 is 2.06 bits per heavy atom. The van der Waals surface area contributed by atoms with Crippen LogP contribution in [0, 0.1) is 5.41 Å². The summed E-state index contributed by atoms with van der Waals surface area (Å²) in [4.78, 5) is 25.3. The predicted molar refractivity (Wildman–Crippen MR) is 63.7 cm³/mol. The van der Waals surface area contributed by atoms with Crippen LogP contribution < -0.4 is 0 Å². The molecule has 0 aromatic rings. The average molecular weight is 239 g/mol. The molecular weight excluding hydrogens is 218 g/mol. The Morgan fingerprint density at radius 3 is 2.53 bits per heavy atom. The molecule has 17 heavy (non-hydrogen) atoms. The summed E-state index contributed by atoms with van der Waals surface area (Å²) in [7, 11) is 0. The molecule has 1 saturated heterocycles. The normalized spacial score (nSPS) is 29.1. The molecule has 0 N–H and O–H groups in total. The van der Waals surface area contributed by atoms with Gasteiger partial charge >= 0.3 is 6.09 Å². The van der Waals surface area contributed by atoms with Gasteiger partial charge in [-0.15, -0.1) is 0 Å². The van der Waals surface area contributed by atoms with E-state index in [1.807, 2.05) is 20.8 Å². The Bertz CT molecular complexity index is 345. The van der Waals surface area contributed by atoms with Crippen LogP contribution in [-0.4, -0.2) is 35.5 Å². The molecule has 0 bridgehead atoms. The fourth-order valence-corrected chi connectivity index (χ4v) is 2.63. The van der Waals surface area contributed by atoms with Crippen LogP contribution in [0.2, 0.25) is 0 Å². The van der Waals surface area contributed by atoms with E-state index >= 15 is 0 Å². The smallest absolute Gasteiger partial charge is 0.410 e. The quantitative estimate of drug-likeness (QED) is 0.652. The Hall–Kier alpha value is -1.06. The maximum atomic E-state index is 11.9. The number of hydrogen-bond acceptors (Lipinski definition) is 3. The summed E-state index contributed by atoms with van der Waals surface area (Å²) in [6.45, 7) is 6.85. The van der Waals surface area contributed by atoms with Gasteiger partial charge in [-0.3, -0.25) is 4.79 Å². The Labute approximate surface area is 102 Å². The van der Waals surface area contributed by atoms with Gasteiger partial charge in [0.15, 0.2) is 0 Å². The van der Waals surface area contributed by atoms with Gasteiger partial charge in [-0.1, -0.05) is 0 Å². The number of piperidine rings is 1. The second kappa shape index (κ2) is 4.00. The Morgan fingerprint density at radius 1 is 1.35 bits per heavy atom. The third kappa shape index (κ3) is 2.45. The van der Waals surface area contributed by atoms with E-state index in [0.29, 0.717) is 25.3 Å². The van der Waals surface area contributed by atoms with Crippen molar-refractivity contribution >= 4 is 11.9 Å². The molecule has 2 rings (SSSR count). The van der Waals surface area contributed by atoms with Crippen molar-refractivity contribution in [3.8, 4) is 0 Å². The van der Waals surface area contributed by atoms with Crippen LogP contribution in [0.5, 0.6) is 0 Å². The molecule has 1 heterocycles. The molecule has 0 aromatic carbocycles. The maximum Gasteiger partial charge on any atom is 0.410 e. The number of nitrogens with zero attached hydrogens (tertiary/aromatic N) is 1. The van der Waals surface area contributed by atoms with Crippen LogP contribution in [0.3, 0.4) is 0 Å². The van der Waals surface area contributed by atoms with E-state index in [2.05, 4.69) is 0 Å². The number of ketones is 1. The number of Topliss-reactive ketones (excluding diaryl/α,β-unsaturated/α-hetero) is 1. The van der Waals surface area contributed by atoms with E-state index in [1.54, 1.807) is 4.90 Å². The molecule has 96 valence electrons. The molecule has 4 heteroatoms. The van der Waals surface area contributed by atoms with Crippen molar-refractivity contribution in [2.75, 3.05) is 13.1 Å². The Balaban J connectivity index is 1.98. The number of hydrogen-bond donors (Lipinski definition) is 0. The lowest BCUT2D eigenvalue weighted by molar-refractivity contribution is -0.142. The lowest BCUT2D eigenvalue weighted by Crippen LogP contribution is -2.55. The van der Waals surface area contributed by atoms with Crippen LogP contribution in [-0.2, 0) is 9.53 Å². The van der Waals surface area contributed by atoms with Crippen molar-refractivity contribution in [2.45, 2.75) is 52.1 Å². The maximum absolute atomic E-state index is 11.9. The first-order valence-corrected chi connectivity index (χ1v) is 6.34. The third-order valence-corrected chi connectivity index (χ3v) is 3.65. The van der Waals surface area contributed by atoms with Crippen LogP contribution in [0.25, 0.3) is 0 Å². The fraction of sp³-hybridized carbons (Fsp3) is 0.846. The van der Waals surface area contributed by atoms with E-state index in [0.717, 1.165) is 19.3 Å². The topological polar surface area (TPSA) is 46.6 Å². The monoisotopic (exact) mass is 239 g/mol. The molecule has 0 unspecified atom stereocenters. The van der Waals surface area contributed by atoms with Crippen LogP contribution in [0.4, 0.5) is 4.79 Å². The van der Waals surface area contributed by atoms with Crippen LogP contribution in [0.1, 0.15) is 46.5 Å². The highest BCUT2D eigenvalue weighted by atomic mass is 16.6. The van der Waals surface area contributed by atoms with Crippen molar-refractivity contribution < 1.29 is 14.3 Å². The number of ether oxygens (including phenoxy) is 1. The van der Waals surface area contributed by atoms with Gasteiger partial charge in [-0.2, -0.15) is 0 Å². The SMILES string of the molecule is CC(C)(C)OC(=O)N1CCC[C@]2(CCC2=O)C1. The highest BCUT2D eigenvalue weighted by Gasteiger charge is 2.49. The van der Waals surface area contributed by atoms with Crippen LogP contribution in [0.15, 0.2) is 0 Å². The van der Waals surface area contributed by atoms with Crippen molar-refractivity contribution in [3.05, 3.63) is 0 Å². The summed E-state index contributed by atoms with van der Waals surface area (Å²) in [6.07, 6.45) is 3.18. The molecule has 0 radical (unpaired) electrons. The fourth-order valence-electron chi connectivity index (χ4n) is 2.63. The van der Waals surface area contributed by atoms with E-state index in [4.69, 9.17) is 4.74 Å². The zero-order valence-electron chi connectivity index (χ0n) is 10.9. The minimum Gasteiger partial charge on any atom is -0.444 e. The van der Waals surface area contributed by atoms with Gasteiger partial charge in [0.2, 0.25) is 0 Å². The lowest BCUT2D eigenvalue weighted by Gasteiger charge is -2.47. The average Bonchev–Trinajstić information content (AvgIpc) is 2.25. The van der Waals surface area contributed by atoms with Crippen molar-refractivity contribution in [3.63, 3.8) is 0 Å². The minimum atomic E-state index is -0.467.